The van der Waals surface area contributed by atoms with Crippen molar-refractivity contribution in [3.05, 3.63) is 0 Å². The molecule has 3 nitrogen and oxygen atoms in total. The fourth-order valence-electron chi connectivity index (χ4n) is 2.34. The molecule has 2 rings (SSSR count). The van der Waals surface area contributed by atoms with Gasteiger partial charge in [-0.15, -0.1) is 0 Å². The lowest BCUT2D eigenvalue weighted by atomic mass is 9.85. The van der Waals surface area contributed by atoms with Crippen molar-refractivity contribution in [2.24, 2.45) is 5.92 Å². The molecule has 1 unspecified atom stereocenters. The third-order valence-electron chi connectivity index (χ3n) is 3.40. The van der Waals surface area contributed by atoms with Gasteiger partial charge in [0.2, 0.25) is 0 Å². The number of likely N-dealkylation sites (N-methyl/N-ethyl adjacent to an activating group) is 1. The smallest absolute Gasteiger partial charge is 0.0826 e. The molecule has 2 aliphatic rings. The van der Waals surface area contributed by atoms with Gasteiger partial charge in [-0.3, -0.25) is 4.90 Å². The first-order valence-electron chi connectivity index (χ1n) is 5.87. The van der Waals surface area contributed by atoms with E-state index in [1.807, 2.05) is 7.05 Å². The average Bonchev–Trinajstić information content (AvgIpc) is 2.13. The summed E-state index contributed by atoms with van der Waals surface area (Å²) in [4.78, 5) is 2.58. The van der Waals surface area contributed by atoms with Gasteiger partial charge in [0.1, 0.15) is 0 Å². The van der Waals surface area contributed by atoms with Crippen LogP contribution in [0.25, 0.3) is 0 Å². The Morgan fingerprint density at radius 1 is 1.43 bits per heavy atom. The minimum atomic E-state index is 0.411. The van der Waals surface area contributed by atoms with Crippen LogP contribution in [0.4, 0.5) is 0 Å². The van der Waals surface area contributed by atoms with Crippen molar-refractivity contribution >= 4 is 0 Å². The Morgan fingerprint density at radius 3 is 2.93 bits per heavy atom. The highest BCUT2D eigenvalue weighted by molar-refractivity contribution is 4.78. The Morgan fingerprint density at radius 2 is 2.29 bits per heavy atom. The largest absolute Gasteiger partial charge is 0.374 e. The first kappa shape index (κ1) is 10.4. The van der Waals surface area contributed by atoms with Crippen molar-refractivity contribution in [3.63, 3.8) is 0 Å². The maximum Gasteiger partial charge on any atom is 0.0826 e. The van der Waals surface area contributed by atoms with Crippen LogP contribution in [0, 0.1) is 5.92 Å². The monoisotopic (exact) mass is 198 g/mol. The number of rotatable bonds is 4. The van der Waals surface area contributed by atoms with E-state index in [-0.39, 0.29) is 0 Å². The molecule has 1 saturated heterocycles. The molecule has 0 aromatic rings. The highest BCUT2D eigenvalue weighted by Crippen LogP contribution is 2.27. The van der Waals surface area contributed by atoms with Crippen LogP contribution in [-0.4, -0.2) is 50.8 Å². The Kier molecular flexibility index (Phi) is 3.79. The second kappa shape index (κ2) is 5.10. The van der Waals surface area contributed by atoms with Crippen LogP contribution in [0.5, 0.6) is 0 Å². The van der Waals surface area contributed by atoms with Crippen LogP contribution in [0.2, 0.25) is 0 Å². The summed E-state index contributed by atoms with van der Waals surface area (Å²) in [5.41, 5.74) is 0. The molecule has 0 radical (unpaired) electrons. The summed E-state index contributed by atoms with van der Waals surface area (Å²) in [6, 6.07) is 0. The summed E-state index contributed by atoms with van der Waals surface area (Å²) in [5.74, 6) is 0.989. The highest BCUT2D eigenvalue weighted by Gasteiger charge is 2.25. The summed E-state index contributed by atoms with van der Waals surface area (Å²) in [5, 5.41) is 3.19. The van der Waals surface area contributed by atoms with E-state index >= 15 is 0 Å². The quantitative estimate of drug-likeness (QED) is 0.720. The second-order valence-electron chi connectivity index (χ2n) is 4.61. The van der Waals surface area contributed by atoms with Gasteiger partial charge in [-0.1, -0.05) is 6.42 Å². The molecule has 0 spiro atoms. The van der Waals surface area contributed by atoms with Crippen molar-refractivity contribution in [1.82, 2.24) is 10.2 Å². The van der Waals surface area contributed by atoms with Crippen molar-refractivity contribution in [2.75, 3.05) is 39.8 Å². The van der Waals surface area contributed by atoms with Crippen molar-refractivity contribution in [3.8, 4) is 0 Å². The minimum absolute atomic E-state index is 0.411. The molecule has 0 bridgehead atoms. The molecule has 0 aromatic carbocycles. The third-order valence-corrected chi connectivity index (χ3v) is 3.40. The second-order valence-corrected chi connectivity index (χ2v) is 4.61. The van der Waals surface area contributed by atoms with E-state index in [4.69, 9.17) is 4.74 Å². The van der Waals surface area contributed by atoms with Gasteiger partial charge in [-0.05, 0) is 25.8 Å². The molecule has 1 aliphatic heterocycles. The van der Waals surface area contributed by atoms with Crippen LogP contribution < -0.4 is 5.32 Å². The molecule has 82 valence electrons. The van der Waals surface area contributed by atoms with Crippen molar-refractivity contribution in [2.45, 2.75) is 25.4 Å². The molecular formula is C11H22N2O. The van der Waals surface area contributed by atoms with Crippen LogP contribution >= 0.6 is 0 Å². The zero-order valence-electron chi connectivity index (χ0n) is 9.17. The van der Waals surface area contributed by atoms with Gasteiger partial charge in [-0.2, -0.15) is 0 Å². The van der Waals surface area contributed by atoms with E-state index < -0.39 is 0 Å². The number of nitrogens with one attached hydrogen (secondary N) is 1. The number of ether oxygens (including phenoxy) is 1. The van der Waals surface area contributed by atoms with Gasteiger partial charge in [0.25, 0.3) is 0 Å². The van der Waals surface area contributed by atoms with Gasteiger partial charge in [-0.25, -0.2) is 0 Å². The average molecular weight is 198 g/mol. The normalized spacial score (nSPS) is 30.2. The maximum atomic E-state index is 5.68. The lowest BCUT2D eigenvalue weighted by molar-refractivity contribution is -0.0343. The van der Waals surface area contributed by atoms with Crippen LogP contribution in [0.3, 0.4) is 0 Å². The predicted octanol–water partition coefficient (Wildman–Crippen LogP) is 0.707. The van der Waals surface area contributed by atoms with Crippen molar-refractivity contribution in [1.29, 1.82) is 0 Å². The lowest BCUT2D eigenvalue weighted by Crippen LogP contribution is -2.48. The molecule has 2 fully saturated rings. The standard InChI is InChI=1S/C11H22N2O/c1-12-7-11-9-13(5-6-14-11)8-10-3-2-4-10/h10-12H,2-9H2,1H3. The first-order chi connectivity index (χ1) is 6.88. The summed E-state index contributed by atoms with van der Waals surface area (Å²) in [6.07, 6.45) is 4.77. The van der Waals surface area contributed by atoms with Crippen LogP contribution in [0.15, 0.2) is 0 Å². The van der Waals surface area contributed by atoms with E-state index in [1.165, 1.54) is 25.8 Å². The molecular weight excluding hydrogens is 176 g/mol. The molecule has 1 aliphatic carbocycles. The fraction of sp³-hybridized carbons (Fsp3) is 1.00. The molecule has 3 heteroatoms. The molecule has 1 atom stereocenters. The first-order valence-corrected chi connectivity index (χ1v) is 5.87. The topological polar surface area (TPSA) is 24.5 Å². The van der Waals surface area contributed by atoms with Gasteiger partial charge in [0, 0.05) is 26.2 Å². The fourth-order valence-corrected chi connectivity index (χ4v) is 2.34. The van der Waals surface area contributed by atoms with E-state index in [0.717, 1.165) is 32.2 Å². The molecule has 1 saturated carbocycles. The summed E-state index contributed by atoms with van der Waals surface area (Å²) < 4.78 is 5.68. The Hall–Kier alpha value is -0.120. The SMILES string of the molecule is CNCC1CN(CC2CCC2)CCO1. The maximum absolute atomic E-state index is 5.68. The van der Waals surface area contributed by atoms with Gasteiger partial charge >= 0.3 is 0 Å². The predicted molar refractivity (Wildman–Crippen MR) is 57.4 cm³/mol. The van der Waals surface area contributed by atoms with Gasteiger partial charge < -0.3 is 10.1 Å². The molecule has 14 heavy (non-hydrogen) atoms. The van der Waals surface area contributed by atoms with E-state index in [0.29, 0.717) is 6.10 Å². The van der Waals surface area contributed by atoms with Crippen molar-refractivity contribution < 1.29 is 4.74 Å². The van der Waals surface area contributed by atoms with E-state index in [9.17, 15) is 0 Å². The minimum Gasteiger partial charge on any atom is -0.374 e. The Bertz CT molecular complexity index is 169. The van der Waals surface area contributed by atoms with Crippen LogP contribution in [0.1, 0.15) is 19.3 Å². The summed E-state index contributed by atoms with van der Waals surface area (Å²) in [7, 11) is 1.99. The summed E-state index contributed by atoms with van der Waals surface area (Å²) in [6.45, 7) is 5.47. The van der Waals surface area contributed by atoms with Crippen LogP contribution in [-0.2, 0) is 4.74 Å². The molecule has 0 amide bonds. The third kappa shape index (κ3) is 2.69. The van der Waals surface area contributed by atoms with Gasteiger partial charge in [0.05, 0.1) is 12.7 Å². The number of hydrogen-bond acceptors (Lipinski definition) is 3. The summed E-state index contributed by atoms with van der Waals surface area (Å²) >= 11 is 0. The Balaban J connectivity index is 1.69. The number of nitrogens with zero attached hydrogens (tertiary/aromatic N) is 1. The molecule has 1 heterocycles. The molecule has 0 aromatic heterocycles. The number of morpholine rings is 1. The Labute approximate surface area is 86.8 Å². The zero-order valence-corrected chi connectivity index (χ0v) is 9.17. The number of hydrogen-bond donors (Lipinski definition) is 1. The van der Waals surface area contributed by atoms with E-state index in [2.05, 4.69) is 10.2 Å². The zero-order chi connectivity index (χ0) is 9.80. The molecule has 1 N–H and O–H groups in total. The van der Waals surface area contributed by atoms with E-state index in [1.54, 1.807) is 0 Å². The lowest BCUT2D eigenvalue weighted by Gasteiger charge is -2.37. The highest BCUT2D eigenvalue weighted by atomic mass is 16.5. The van der Waals surface area contributed by atoms with Gasteiger partial charge in [0.15, 0.2) is 0 Å².